The smallest absolute Gasteiger partial charge is 0.306 e. The number of aliphatic carboxylic acids is 2. The summed E-state index contributed by atoms with van der Waals surface area (Å²) in [5, 5.41) is 18.3. The number of hydrogen-bond donors (Lipinski definition) is 2. The van der Waals surface area contributed by atoms with E-state index in [9.17, 15) is 24.3 Å². The van der Waals surface area contributed by atoms with Crippen LogP contribution in [0.2, 0.25) is 0 Å². The second kappa shape index (κ2) is 40.5. The highest BCUT2D eigenvalue weighted by Gasteiger charge is 2.28. The van der Waals surface area contributed by atoms with Gasteiger partial charge in [-0.05, 0) is 259 Å². The van der Waals surface area contributed by atoms with Gasteiger partial charge in [0, 0.05) is 0 Å². The van der Waals surface area contributed by atoms with Gasteiger partial charge in [-0.15, -0.1) is 0 Å². The largest absolute Gasteiger partial charge is 0.481 e. The van der Waals surface area contributed by atoms with Crippen molar-refractivity contribution in [3.8, 4) is 44.5 Å². The fourth-order valence-corrected chi connectivity index (χ4v) is 16.9. The van der Waals surface area contributed by atoms with Crippen LogP contribution in [0.3, 0.4) is 0 Å². The molecule has 8 heteroatoms. The van der Waals surface area contributed by atoms with E-state index in [1.54, 1.807) is 0 Å². The summed E-state index contributed by atoms with van der Waals surface area (Å²) in [4.78, 5) is 46.2. The fraction of sp³-hybridized carbons (Fsp3) is 0.222. The third kappa shape index (κ3) is 22.1. The van der Waals surface area contributed by atoms with Crippen molar-refractivity contribution in [2.24, 2.45) is 0 Å². The molecule has 12 aromatic carbocycles. The van der Waals surface area contributed by atoms with E-state index in [1.165, 1.54) is 111 Å². The monoisotopic (exact) mass is 1530 g/mol. The van der Waals surface area contributed by atoms with E-state index in [2.05, 4.69) is 292 Å². The lowest BCUT2D eigenvalue weighted by atomic mass is 9.79. The summed E-state index contributed by atoms with van der Waals surface area (Å²) >= 11 is 0. The van der Waals surface area contributed by atoms with Crippen LogP contribution in [0.1, 0.15) is 204 Å². The van der Waals surface area contributed by atoms with E-state index in [1.807, 2.05) is 50.2 Å². The quantitative estimate of drug-likeness (QED) is 0.0507. The molecule has 12 aromatic rings. The molecule has 4 aliphatic rings. The molecule has 4 unspecified atom stereocenters. The first-order valence-electron chi connectivity index (χ1n) is 41.3. The van der Waals surface area contributed by atoms with E-state index in [-0.39, 0.29) is 48.5 Å². The Morgan fingerprint density at radius 3 is 0.836 bits per heavy atom. The summed E-state index contributed by atoms with van der Waals surface area (Å²) in [6.45, 7) is 13.3. The zero-order valence-electron chi connectivity index (χ0n) is 66.8. The topological polar surface area (TPSA) is 127 Å². The minimum absolute atomic E-state index is 0.0849. The number of aryl methyl sites for hydroxylation is 4. The van der Waals surface area contributed by atoms with Crippen LogP contribution in [0.15, 0.2) is 304 Å². The van der Waals surface area contributed by atoms with Gasteiger partial charge in [-0.2, -0.15) is 0 Å². The number of carbonyl (C=O) groups excluding carboxylic acids is 2. The normalized spacial score (nSPS) is 15.7. The fourth-order valence-electron chi connectivity index (χ4n) is 16.9. The van der Waals surface area contributed by atoms with Crippen LogP contribution in [0, 0.1) is 0 Å². The minimum Gasteiger partial charge on any atom is -0.481 e. The molecule has 0 bridgehead atoms. The van der Waals surface area contributed by atoms with Gasteiger partial charge in [0.05, 0.1) is 38.9 Å². The molecular formula is C108H104O8. The Morgan fingerprint density at radius 2 is 0.543 bits per heavy atom. The van der Waals surface area contributed by atoms with Crippen molar-refractivity contribution in [1.29, 1.82) is 0 Å². The molecule has 0 radical (unpaired) electrons. The second-order valence-corrected chi connectivity index (χ2v) is 30.8. The van der Waals surface area contributed by atoms with Crippen LogP contribution in [-0.4, -0.2) is 47.3 Å². The van der Waals surface area contributed by atoms with Gasteiger partial charge in [0.2, 0.25) is 0 Å². The molecule has 16 rings (SSSR count). The molecule has 4 atom stereocenters. The molecule has 0 amide bonds. The molecule has 8 nitrogen and oxygen atoms in total. The standard InChI is InChI=1S/2C28H28O2.2C26H24O2/c1-3-30-28(29)19-26-11-7-10-25-18-24(16-17-27(25)26)20(2)21-12-14-23(15-13-21)22-8-5-4-6-9-22;1-2-30-28(29)20-26-10-6-9-25-19-22(15-18-27(25)26)12-11-21-13-16-24(17-14-21)23-7-4-3-5-8-23;1-18(19-10-12-21(13-11-19)20-6-3-2-4-7-20)22-14-15-25-23(16-22)8-5-9-24(25)17-26(27)28;27-26(28)18-24-8-4-7-23-17-20(13-16-25(23)24)10-9-19-11-14-22(15-12-19)21-5-2-1-3-6-21/h4-6,8-9,12-18,26H,2-3,7,10-11,19H2,1H3;3-5,7-8,11-19,26H,2,6,9-10,20H2,1H3;2-4,6-7,10-16,24H,1,5,8-9,17H2,(H,27,28);1-3,5-6,9-17,24H,4,7-8,18H2,(H,27,28)/b;12-11+;;10-9+. The summed E-state index contributed by atoms with van der Waals surface area (Å²) in [5.74, 6) is -0.763. The summed E-state index contributed by atoms with van der Waals surface area (Å²) in [6.07, 6.45) is 22.6. The maximum absolute atomic E-state index is 12.0. The molecule has 0 fully saturated rings. The summed E-state index contributed by atoms with van der Waals surface area (Å²) in [7, 11) is 0. The molecule has 0 saturated carbocycles. The first-order valence-corrected chi connectivity index (χ1v) is 41.3. The molecule has 116 heavy (non-hydrogen) atoms. The van der Waals surface area contributed by atoms with Crippen molar-refractivity contribution in [1.82, 2.24) is 0 Å². The molecule has 0 saturated heterocycles. The van der Waals surface area contributed by atoms with Crippen LogP contribution in [-0.2, 0) is 54.3 Å². The number of esters is 2. The lowest BCUT2D eigenvalue weighted by Crippen LogP contribution is -2.15. The van der Waals surface area contributed by atoms with E-state index >= 15 is 0 Å². The molecule has 4 aliphatic carbocycles. The number of rotatable bonds is 22. The second-order valence-electron chi connectivity index (χ2n) is 30.8. The Bertz CT molecular complexity index is 5390. The van der Waals surface area contributed by atoms with Crippen LogP contribution >= 0.6 is 0 Å². The van der Waals surface area contributed by atoms with Crippen molar-refractivity contribution in [3.05, 3.63) is 393 Å². The Morgan fingerprint density at radius 1 is 0.302 bits per heavy atom. The van der Waals surface area contributed by atoms with Crippen molar-refractivity contribution < 1.29 is 38.9 Å². The number of fused-ring (bicyclic) bond motifs is 4. The van der Waals surface area contributed by atoms with Gasteiger partial charge in [-0.1, -0.05) is 329 Å². The summed E-state index contributed by atoms with van der Waals surface area (Å²) < 4.78 is 10.3. The van der Waals surface area contributed by atoms with E-state index in [0.29, 0.717) is 26.1 Å². The predicted octanol–water partition coefficient (Wildman–Crippen LogP) is 26.4. The average Bonchev–Trinajstić information content (AvgIpc) is 0.802. The number of carbonyl (C=O) groups is 4. The minimum atomic E-state index is -0.718. The highest BCUT2D eigenvalue weighted by molar-refractivity contribution is 5.83. The zero-order chi connectivity index (χ0) is 80.5. The van der Waals surface area contributed by atoms with Crippen molar-refractivity contribution in [3.63, 3.8) is 0 Å². The van der Waals surface area contributed by atoms with Gasteiger partial charge in [0.1, 0.15) is 0 Å². The zero-order valence-corrected chi connectivity index (χ0v) is 66.8. The van der Waals surface area contributed by atoms with Crippen LogP contribution in [0.4, 0.5) is 0 Å². The van der Waals surface area contributed by atoms with Gasteiger partial charge in [0.15, 0.2) is 0 Å². The Hall–Kier alpha value is -12.5. The SMILES string of the molecule is C=C(c1ccc(-c2ccccc2)cc1)c1ccc2c(c1)CCCC2CC(=O)O.C=C(c1ccc(-c2ccccc2)cc1)c1ccc2c(c1)CCCC2CC(=O)OCC.CCOC(=O)CC1CCCc2cc(/C=C/c3ccc(-c4ccccc4)cc3)ccc21.O=C(O)CC1CCCc2cc(/C=C/c3ccc(-c4ccccc4)cc3)ccc21. The van der Waals surface area contributed by atoms with Gasteiger partial charge >= 0.3 is 23.9 Å². The van der Waals surface area contributed by atoms with Gasteiger partial charge in [-0.25, -0.2) is 0 Å². The molecule has 584 valence electrons. The summed E-state index contributed by atoms with van der Waals surface area (Å²) in [5.41, 5.74) is 31.3. The average molecular weight is 1530 g/mol. The van der Waals surface area contributed by atoms with Crippen molar-refractivity contribution >= 4 is 59.3 Å². The maximum atomic E-state index is 12.0. The Labute approximate surface area is 685 Å². The van der Waals surface area contributed by atoms with E-state index in [4.69, 9.17) is 14.6 Å². The molecular weight excluding hydrogens is 1430 g/mol. The molecule has 2 N–H and O–H groups in total. The molecule has 0 heterocycles. The van der Waals surface area contributed by atoms with Gasteiger partial charge in [0.25, 0.3) is 0 Å². The van der Waals surface area contributed by atoms with Crippen molar-refractivity contribution in [2.75, 3.05) is 13.2 Å². The van der Waals surface area contributed by atoms with Crippen LogP contribution in [0.5, 0.6) is 0 Å². The van der Waals surface area contributed by atoms with Crippen LogP contribution in [0.25, 0.3) is 80.0 Å². The molecule has 0 aliphatic heterocycles. The number of carboxylic acids is 2. The van der Waals surface area contributed by atoms with Crippen molar-refractivity contribution in [2.45, 2.75) is 140 Å². The predicted molar refractivity (Wildman–Crippen MR) is 477 cm³/mol. The third-order valence-corrected chi connectivity index (χ3v) is 23.0. The highest BCUT2D eigenvalue weighted by atomic mass is 16.5. The lowest BCUT2D eigenvalue weighted by Gasteiger charge is -2.25. The maximum Gasteiger partial charge on any atom is 0.306 e. The number of benzene rings is 12. The Kier molecular flexibility index (Phi) is 28.4. The highest BCUT2D eigenvalue weighted by Crippen LogP contribution is 2.41. The van der Waals surface area contributed by atoms with Crippen LogP contribution < -0.4 is 0 Å². The van der Waals surface area contributed by atoms with Gasteiger partial charge in [-0.3, -0.25) is 19.2 Å². The number of ether oxygens (including phenoxy) is 2. The molecule has 0 spiro atoms. The molecule has 0 aromatic heterocycles. The third-order valence-electron chi connectivity index (χ3n) is 23.0. The number of carboxylic acid groups (broad SMARTS) is 2. The first kappa shape index (κ1) is 81.5. The summed E-state index contributed by atoms with van der Waals surface area (Å²) in [6, 6.07) is 102. The van der Waals surface area contributed by atoms with Gasteiger partial charge < -0.3 is 19.7 Å². The lowest BCUT2D eigenvalue weighted by molar-refractivity contribution is -0.144. The van der Waals surface area contributed by atoms with E-state index in [0.717, 1.165) is 110 Å². The van der Waals surface area contributed by atoms with E-state index < -0.39 is 11.9 Å². The first-order chi connectivity index (χ1) is 56.7. The number of hydrogen-bond acceptors (Lipinski definition) is 6. The Balaban J connectivity index is 0.000000135.